The standard InChI is InChI=1S/C11H19N5O3/c1-6(2)9(14-15-12)11(19)16-5-7(17)4-8(16)10(18)13-3/h6-9,17H,4-5H2,1-3H3,(H,13,18)/t7?,8?,9-/m0/s1. The number of nitrogens with zero attached hydrogens (tertiary/aromatic N) is 4. The molecule has 8 nitrogen and oxygen atoms in total. The minimum atomic E-state index is -0.859. The first-order valence-corrected chi connectivity index (χ1v) is 6.16. The minimum absolute atomic E-state index is 0.0844. The fourth-order valence-electron chi connectivity index (χ4n) is 2.17. The number of aliphatic hydroxyl groups is 1. The number of rotatable bonds is 4. The van der Waals surface area contributed by atoms with E-state index < -0.39 is 24.1 Å². The topological polar surface area (TPSA) is 118 Å². The first kappa shape index (κ1) is 15.3. The van der Waals surface area contributed by atoms with Gasteiger partial charge >= 0.3 is 0 Å². The van der Waals surface area contributed by atoms with Crippen molar-refractivity contribution in [1.29, 1.82) is 0 Å². The van der Waals surface area contributed by atoms with Gasteiger partial charge in [-0.05, 0) is 11.4 Å². The highest BCUT2D eigenvalue weighted by Gasteiger charge is 2.41. The van der Waals surface area contributed by atoms with Crippen molar-refractivity contribution in [3.63, 3.8) is 0 Å². The van der Waals surface area contributed by atoms with Crippen LogP contribution in [-0.4, -0.2) is 53.6 Å². The van der Waals surface area contributed by atoms with Crippen LogP contribution in [0.25, 0.3) is 10.4 Å². The van der Waals surface area contributed by atoms with Crippen molar-refractivity contribution < 1.29 is 14.7 Å². The van der Waals surface area contributed by atoms with Crippen LogP contribution < -0.4 is 5.32 Å². The number of likely N-dealkylation sites (N-methyl/N-ethyl adjacent to an activating group) is 1. The lowest BCUT2D eigenvalue weighted by atomic mass is 10.0. The molecule has 1 fully saturated rings. The fraction of sp³-hybridized carbons (Fsp3) is 0.818. The Morgan fingerprint density at radius 1 is 1.53 bits per heavy atom. The number of aliphatic hydroxyl groups excluding tert-OH is 1. The second-order valence-corrected chi connectivity index (χ2v) is 4.90. The van der Waals surface area contributed by atoms with E-state index in [0.29, 0.717) is 0 Å². The Morgan fingerprint density at radius 3 is 2.63 bits per heavy atom. The summed E-state index contributed by atoms with van der Waals surface area (Å²) in [5, 5.41) is 15.6. The molecule has 0 aromatic rings. The average Bonchev–Trinajstić information content (AvgIpc) is 2.76. The zero-order chi connectivity index (χ0) is 14.6. The molecule has 0 aromatic carbocycles. The molecule has 1 aliphatic rings. The lowest BCUT2D eigenvalue weighted by Crippen LogP contribution is -2.49. The zero-order valence-electron chi connectivity index (χ0n) is 11.3. The Morgan fingerprint density at radius 2 is 2.16 bits per heavy atom. The number of hydrogen-bond acceptors (Lipinski definition) is 4. The van der Waals surface area contributed by atoms with Crippen molar-refractivity contribution in [2.24, 2.45) is 11.0 Å². The van der Waals surface area contributed by atoms with Crippen LogP contribution in [0, 0.1) is 5.92 Å². The molecule has 2 unspecified atom stereocenters. The molecule has 0 bridgehead atoms. The van der Waals surface area contributed by atoms with Gasteiger partial charge in [-0.25, -0.2) is 0 Å². The molecule has 2 amide bonds. The van der Waals surface area contributed by atoms with E-state index in [1.807, 2.05) is 0 Å². The Kier molecular flexibility index (Phi) is 5.14. The van der Waals surface area contributed by atoms with E-state index in [1.165, 1.54) is 11.9 Å². The second kappa shape index (κ2) is 6.40. The van der Waals surface area contributed by atoms with Gasteiger partial charge in [0.2, 0.25) is 11.8 Å². The van der Waals surface area contributed by atoms with Gasteiger partial charge < -0.3 is 15.3 Å². The molecule has 0 aromatic heterocycles. The summed E-state index contributed by atoms with van der Waals surface area (Å²) >= 11 is 0. The molecule has 1 saturated heterocycles. The molecular weight excluding hydrogens is 250 g/mol. The SMILES string of the molecule is CNC(=O)C1CC(O)CN1C(=O)[C@@H](N=[N+]=[N-])C(C)C. The van der Waals surface area contributed by atoms with Crippen LogP contribution in [0.1, 0.15) is 20.3 Å². The Bertz CT molecular complexity index is 405. The van der Waals surface area contributed by atoms with E-state index in [1.54, 1.807) is 13.8 Å². The summed E-state index contributed by atoms with van der Waals surface area (Å²) in [6.45, 7) is 3.61. The maximum absolute atomic E-state index is 12.3. The van der Waals surface area contributed by atoms with Gasteiger partial charge in [0.05, 0.1) is 6.10 Å². The maximum atomic E-state index is 12.3. The van der Waals surface area contributed by atoms with Crippen molar-refractivity contribution >= 4 is 11.8 Å². The molecule has 0 radical (unpaired) electrons. The van der Waals surface area contributed by atoms with Crippen molar-refractivity contribution in [2.45, 2.75) is 38.5 Å². The van der Waals surface area contributed by atoms with Crippen molar-refractivity contribution in [1.82, 2.24) is 10.2 Å². The van der Waals surface area contributed by atoms with Gasteiger partial charge in [-0.2, -0.15) is 0 Å². The van der Waals surface area contributed by atoms with Gasteiger partial charge in [0.25, 0.3) is 0 Å². The summed E-state index contributed by atoms with van der Waals surface area (Å²) in [5.74, 6) is -0.919. The monoisotopic (exact) mass is 269 g/mol. The van der Waals surface area contributed by atoms with Crippen LogP contribution in [0.4, 0.5) is 0 Å². The number of azide groups is 1. The molecule has 0 spiro atoms. The largest absolute Gasteiger partial charge is 0.391 e. The van der Waals surface area contributed by atoms with Crippen molar-refractivity contribution in [3.8, 4) is 0 Å². The smallest absolute Gasteiger partial charge is 0.242 e. The second-order valence-electron chi connectivity index (χ2n) is 4.90. The molecule has 19 heavy (non-hydrogen) atoms. The summed E-state index contributed by atoms with van der Waals surface area (Å²) in [7, 11) is 1.48. The van der Waals surface area contributed by atoms with Gasteiger partial charge in [0.1, 0.15) is 12.1 Å². The van der Waals surface area contributed by atoms with Crippen molar-refractivity contribution in [3.05, 3.63) is 10.4 Å². The predicted molar refractivity (Wildman–Crippen MR) is 68.0 cm³/mol. The van der Waals surface area contributed by atoms with Gasteiger partial charge in [-0.3, -0.25) is 9.59 Å². The van der Waals surface area contributed by atoms with E-state index in [2.05, 4.69) is 15.3 Å². The molecule has 8 heteroatoms. The molecule has 1 rings (SSSR count). The highest BCUT2D eigenvalue weighted by Crippen LogP contribution is 2.22. The van der Waals surface area contributed by atoms with E-state index in [0.717, 1.165) is 0 Å². The number of carbonyl (C=O) groups is 2. The lowest BCUT2D eigenvalue weighted by molar-refractivity contribution is -0.140. The summed E-state index contributed by atoms with van der Waals surface area (Å²) < 4.78 is 0. The molecule has 0 saturated carbocycles. The summed E-state index contributed by atoms with van der Waals surface area (Å²) in [5.41, 5.74) is 8.51. The Labute approximate surface area is 111 Å². The van der Waals surface area contributed by atoms with E-state index in [9.17, 15) is 14.7 Å². The quantitative estimate of drug-likeness (QED) is 0.425. The number of carbonyl (C=O) groups excluding carboxylic acids is 2. The molecule has 3 atom stereocenters. The molecule has 0 aliphatic carbocycles. The van der Waals surface area contributed by atoms with Crippen LogP contribution in [0.5, 0.6) is 0 Å². The van der Waals surface area contributed by atoms with Gasteiger partial charge in [0.15, 0.2) is 0 Å². The maximum Gasteiger partial charge on any atom is 0.242 e. The van der Waals surface area contributed by atoms with Crippen LogP contribution in [0.3, 0.4) is 0 Å². The third kappa shape index (κ3) is 3.36. The Balaban J connectivity index is 2.95. The lowest BCUT2D eigenvalue weighted by Gasteiger charge is -2.27. The molecule has 106 valence electrons. The summed E-state index contributed by atoms with van der Waals surface area (Å²) in [6.07, 6.45) is -0.530. The number of hydrogen-bond donors (Lipinski definition) is 2. The molecule has 1 heterocycles. The minimum Gasteiger partial charge on any atom is -0.391 e. The Hall–Kier alpha value is -1.79. The predicted octanol–water partition coefficient (Wildman–Crippen LogP) is 0.0291. The van der Waals surface area contributed by atoms with Gasteiger partial charge in [-0.15, -0.1) is 0 Å². The van der Waals surface area contributed by atoms with Gasteiger partial charge in [0, 0.05) is 24.9 Å². The van der Waals surface area contributed by atoms with E-state index in [4.69, 9.17) is 5.53 Å². The first-order chi connectivity index (χ1) is 8.92. The third-order valence-electron chi connectivity index (χ3n) is 3.17. The average molecular weight is 269 g/mol. The van der Waals surface area contributed by atoms with E-state index in [-0.39, 0.29) is 24.8 Å². The zero-order valence-corrected chi connectivity index (χ0v) is 11.3. The summed E-state index contributed by atoms with van der Waals surface area (Å²) in [4.78, 5) is 28.0. The van der Waals surface area contributed by atoms with Crippen LogP contribution in [0.15, 0.2) is 5.11 Å². The van der Waals surface area contributed by atoms with Crippen LogP contribution in [-0.2, 0) is 9.59 Å². The fourth-order valence-corrected chi connectivity index (χ4v) is 2.17. The molecule has 1 aliphatic heterocycles. The van der Waals surface area contributed by atoms with Crippen molar-refractivity contribution in [2.75, 3.05) is 13.6 Å². The van der Waals surface area contributed by atoms with E-state index >= 15 is 0 Å². The number of likely N-dealkylation sites (tertiary alicyclic amines) is 1. The highest BCUT2D eigenvalue weighted by atomic mass is 16.3. The summed E-state index contributed by atoms with van der Waals surface area (Å²) in [6, 6.07) is -1.56. The normalized spacial score (nSPS) is 23.9. The number of β-amino-alcohol motifs (C(OH)–C–C–N with tert-alkyl or cyclic N) is 1. The molecule has 2 N–H and O–H groups in total. The highest BCUT2D eigenvalue weighted by molar-refractivity contribution is 5.90. The number of amides is 2. The van der Waals surface area contributed by atoms with Gasteiger partial charge in [-0.1, -0.05) is 19.0 Å². The van der Waals surface area contributed by atoms with Crippen LogP contribution >= 0.6 is 0 Å². The third-order valence-corrected chi connectivity index (χ3v) is 3.17. The number of nitrogens with one attached hydrogen (secondary N) is 1. The first-order valence-electron chi connectivity index (χ1n) is 6.16. The molecular formula is C11H19N5O3. The van der Waals surface area contributed by atoms with Crippen LogP contribution in [0.2, 0.25) is 0 Å².